The molecule has 1 aliphatic rings. The topological polar surface area (TPSA) is 51.0 Å². The van der Waals surface area contributed by atoms with E-state index in [1.807, 2.05) is 0 Å². The molecule has 4 heteroatoms. The van der Waals surface area contributed by atoms with Gasteiger partial charge in [-0.15, -0.1) is 0 Å². The highest BCUT2D eigenvalue weighted by Gasteiger charge is 2.20. The van der Waals surface area contributed by atoms with E-state index in [9.17, 15) is 0 Å². The molecular weight excluding hydrogens is 154 g/mol. The van der Waals surface area contributed by atoms with Crippen molar-refractivity contribution in [3.8, 4) is 0 Å². The number of nitrogens with zero attached hydrogens (tertiary/aromatic N) is 2. The summed E-state index contributed by atoms with van der Waals surface area (Å²) in [4.78, 5) is 4.15. The van der Waals surface area contributed by atoms with Gasteiger partial charge < -0.3 is 9.84 Å². The van der Waals surface area contributed by atoms with Gasteiger partial charge in [0.15, 0.2) is 5.82 Å². The van der Waals surface area contributed by atoms with Crippen molar-refractivity contribution in [2.75, 3.05) is 13.1 Å². The molecule has 0 spiro atoms. The molecule has 1 atom stereocenters. The Morgan fingerprint density at radius 3 is 3.42 bits per heavy atom. The standard InChI is InChI=1S/C8H13N3O/c1-6-10-8(12-11-6)7-3-2-4-9-5-7/h7,9H,2-5H2,1H3/t7-/m0/s1/i1D. The number of hydrogen-bond acceptors (Lipinski definition) is 4. The second-order valence-corrected chi connectivity index (χ2v) is 3.09. The first kappa shape index (κ1) is 6.60. The van der Waals surface area contributed by atoms with Crippen LogP contribution in [0.2, 0.25) is 0 Å². The summed E-state index contributed by atoms with van der Waals surface area (Å²) in [5.74, 6) is 1.52. The summed E-state index contributed by atoms with van der Waals surface area (Å²) in [5, 5.41) is 6.99. The number of aryl methyl sites for hydroxylation is 1. The Hall–Kier alpha value is -0.900. The fourth-order valence-corrected chi connectivity index (χ4v) is 1.50. The Labute approximate surface area is 72.8 Å². The van der Waals surface area contributed by atoms with Crippen molar-refractivity contribution < 1.29 is 5.89 Å². The van der Waals surface area contributed by atoms with Gasteiger partial charge in [0, 0.05) is 7.92 Å². The third kappa shape index (κ3) is 1.48. The molecule has 1 N–H and O–H groups in total. The molecule has 1 fully saturated rings. The molecule has 2 heterocycles. The number of nitrogens with one attached hydrogen (secondary N) is 1. The molecule has 1 saturated heterocycles. The lowest BCUT2D eigenvalue weighted by atomic mass is 10.00. The van der Waals surface area contributed by atoms with Crippen LogP contribution < -0.4 is 5.32 Å². The van der Waals surface area contributed by atoms with Crippen molar-refractivity contribution >= 4 is 0 Å². The summed E-state index contributed by atoms with van der Waals surface area (Å²) in [6, 6.07) is 0. The first-order valence-corrected chi connectivity index (χ1v) is 4.22. The molecule has 0 aromatic carbocycles. The van der Waals surface area contributed by atoms with Crippen LogP contribution in [0.3, 0.4) is 0 Å². The molecule has 1 aromatic rings. The zero-order valence-electron chi connectivity index (χ0n) is 7.92. The number of aromatic nitrogens is 2. The van der Waals surface area contributed by atoms with Crippen LogP contribution in [0.4, 0.5) is 0 Å². The van der Waals surface area contributed by atoms with Crippen LogP contribution >= 0.6 is 0 Å². The van der Waals surface area contributed by atoms with Crippen molar-refractivity contribution in [1.82, 2.24) is 15.5 Å². The van der Waals surface area contributed by atoms with E-state index in [0.29, 0.717) is 17.6 Å². The molecule has 66 valence electrons. The molecule has 0 unspecified atom stereocenters. The van der Waals surface area contributed by atoms with E-state index in [1.54, 1.807) is 0 Å². The zero-order valence-corrected chi connectivity index (χ0v) is 6.92. The molecular formula is C8H13N3O. The van der Waals surface area contributed by atoms with Crippen molar-refractivity contribution in [1.29, 1.82) is 0 Å². The van der Waals surface area contributed by atoms with Gasteiger partial charge in [-0.2, -0.15) is 4.98 Å². The predicted octanol–water partition coefficient (Wildman–Crippen LogP) is 0.845. The van der Waals surface area contributed by atoms with E-state index in [2.05, 4.69) is 15.5 Å². The molecule has 4 nitrogen and oxygen atoms in total. The maximum atomic E-state index is 7.07. The SMILES string of the molecule is [2H]Cc1noc([C@H]2CCCNC2)n1. The lowest BCUT2D eigenvalue weighted by molar-refractivity contribution is 0.321. The predicted molar refractivity (Wildman–Crippen MR) is 43.9 cm³/mol. The molecule has 1 aliphatic heterocycles. The minimum absolute atomic E-state index is 0.101. The van der Waals surface area contributed by atoms with Crippen LogP contribution in [0, 0.1) is 6.90 Å². The van der Waals surface area contributed by atoms with Crippen LogP contribution in [0.15, 0.2) is 4.52 Å². The minimum Gasteiger partial charge on any atom is -0.339 e. The first-order valence-electron chi connectivity index (χ1n) is 4.93. The smallest absolute Gasteiger partial charge is 0.231 e. The summed E-state index contributed by atoms with van der Waals surface area (Å²) in [7, 11) is 0. The van der Waals surface area contributed by atoms with Gasteiger partial charge in [0.05, 0.1) is 5.92 Å². The highest BCUT2D eigenvalue weighted by Crippen LogP contribution is 2.20. The molecule has 0 bridgehead atoms. The summed E-state index contributed by atoms with van der Waals surface area (Å²) in [6.45, 7) is 2.10. The van der Waals surface area contributed by atoms with Gasteiger partial charge in [-0.25, -0.2) is 0 Å². The minimum atomic E-state index is 0.101. The van der Waals surface area contributed by atoms with Crippen molar-refractivity contribution in [3.63, 3.8) is 0 Å². The van der Waals surface area contributed by atoms with Gasteiger partial charge in [-0.1, -0.05) is 5.16 Å². The normalized spacial score (nSPS) is 25.3. The van der Waals surface area contributed by atoms with Crippen molar-refractivity contribution in [2.24, 2.45) is 0 Å². The van der Waals surface area contributed by atoms with E-state index in [-0.39, 0.29) is 6.90 Å². The third-order valence-corrected chi connectivity index (χ3v) is 2.13. The lowest BCUT2D eigenvalue weighted by Crippen LogP contribution is -2.28. The second-order valence-electron chi connectivity index (χ2n) is 3.09. The van der Waals surface area contributed by atoms with E-state index < -0.39 is 0 Å². The first-order chi connectivity index (χ1) is 6.40. The van der Waals surface area contributed by atoms with Gasteiger partial charge in [0.25, 0.3) is 0 Å². The summed E-state index contributed by atoms with van der Waals surface area (Å²) >= 11 is 0. The largest absolute Gasteiger partial charge is 0.339 e. The molecule has 0 aliphatic carbocycles. The second kappa shape index (κ2) is 3.23. The van der Waals surface area contributed by atoms with Gasteiger partial charge in [0.1, 0.15) is 0 Å². The van der Waals surface area contributed by atoms with Gasteiger partial charge in [0.2, 0.25) is 5.89 Å². The van der Waals surface area contributed by atoms with Gasteiger partial charge in [-0.05, 0) is 26.3 Å². The van der Waals surface area contributed by atoms with E-state index >= 15 is 0 Å². The highest BCUT2D eigenvalue weighted by atomic mass is 16.5. The fraction of sp³-hybridized carbons (Fsp3) is 0.750. The summed E-state index contributed by atoms with van der Waals surface area (Å²) in [5.41, 5.74) is 0. The molecule has 0 saturated carbocycles. The van der Waals surface area contributed by atoms with Gasteiger partial charge in [-0.3, -0.25) is 0 Å². The summed E-state index contributed by atoms with van der Waals surface area (Å²) < 4.78 is 12.1. The average molecular weight is 168 g/mol. The monoisotopic (exact) mass is 168 g/mol. The van der Waals surface area contributed by atoms with Crippen LogP contribution in [0.5, 0.6) is 0 Å². The van der Waals surface area contributed by atoms with E-state index in [0.717, 1.165) is 25.9 Å². The maximum absolute atomic E-state index is 7.07. The Morgan fingerprint density at radius 2 is 2.75 bits per heavy atom. The Morgan fingerprint density at radius 1 is 1.75 bits per heavy atom. The molecule has 0 amide bonds. The quantitative estimate of drug-likeness (QED) is 0.675. The van der Waals surface area contributed by atoms with E-state index in [1.165, 1.54) is 0 Å². The molecule has 12 heavy (non-hydrogen) atoms. The summed E-state index contributed by atoms with van der Waals surface area (Å²) in [6.07, 6.45) is 2.26. The Kier molecular flexibility index (Phi) is 1.77. The zero-order chi connectivity index (χ0) is 9.10. The number of rotatable bonds is 1. The highest BCUT2D eigenvalue weighted by molar-refractivity contribution is 4.95. The van der Waals surface area contributed by atoms with Crippen molar-refractivity contribution in [2.45, 2.75) is 25.7 Å². The molecule has 2 rings (SSSR count). The van der Waals surface area contributed by atoms with Gasteiger partial charge >= 0.3 is 0 Å². The number of hydrogen-bond donors (Lipinski definition) is 1. The molecule has 0 radical (unpaired) electrons. The fourth-order valence-electron chi connectivity index (χ4n) is 1.50. The Bertz CT molecular complexity index is 270. The third-order valence-electron chi connectivity index (χ3n) is 2.13. The van der Waals surface area contributed by atoms with Crippen LogP contribution in [-0.4, -0.2) is 23.2 Å². The molecule has 1 aromatic heterocycles. The maximum Gasteiger partial charge on any atom is 0.231 e. The number of piperidine rings is 1. The van der Waals surface area contributed by atoms with Crippen LogP contribution in [0.1, 0.15) is 31.8 Å². The van der Waals surface area contributed by atoms with Crippen LogP contribution in [-0.2, 0) is 0 Å². The lowest BCUT2D eigenvalue weighted by Gasteiger charge is -2.18. The van der Waals surface area contributed by atoms with Crippen LogP contribution in [0.25, 0.3) is 0 Å². The van der Waals surface area contributed by atoms with E-state index in [4.69, 9.17) is 5.89 Å². The Balaban J connectivity index is 2.05. The average Bonchev–Trinajstić information content (AvgIpc) is 2.67. The van der Waals surface area contributed by atoms with Crippen molar-refractivity contribution in [3.05, 3.63) is 11.7 Å².